The summed E-state index contributed by atoms with van der Waals surface area (Å²) in [4.78, 5) is 29.1. The van der Waals surface area contributed by atoms with E-state index in [9.17, 15) is 14.7 Å². The van der Waals surface area contributed by atoms with Crippen LogP contribution in [-0.4, -0.2) is 21.8 Å². The van der Waals surface area contributed by atoms with E-state index in [4.69, 9.17) is 11.6 Å². The molecule has 1 heterocycles. The van der Waals surface area contributed by atoms with E-state index < -0.39 is 5.97 Å². The summed E-state index contributed by atoms with van der Waals surface area (Å²) in [6, 6.07) is 22.0. The Labute approximate surface area is 234 Å². The normalized spacial score (nSPS) is 16.4. The molecule has 1 aliphatic rings. The first-order chi connectivity index (χ1) is 18.8. The van der Waals surface area contributed by atoms with Crippen molar-refractivity contribution in [3.05, 3.63) is 112 Å². The number of halogens is 1. The van der Waals surface area contributed by atoms with Crippen molar-refractivity contribution in [2.24, 2.45) is 5.92 Å². The van der Waals surface area contributed by atoms with Gasteiger partial charge in [-0.15, -0.1) is 0 Å². The molecule has 0 amide bonds. The second kappa shape index (κ2) is 11.4. The minimum absolute atomic E-state index is 0.0559. The first kappa shape index (κ1) is 26.6. The number of aryl methyl sites for hydroxylation is 2. The number of benzene rings is 3. The molecule has 0 saturated heterocycles. The van der Waals surface area contributed by atoms with Crippen LogP contribution < -0.4 is 0 Å². The average Bonchev–Trinajstić information content (AvgIpc) is 2.92. The first-order valence-corrected chi connectivity index (χ1v) is 13.6. The van der Waals surface area contributed by atoms with Crippen LogP contribution in [0.5, 0.6) is 0 Å². The second-order valence-corrected chi connectivity index (χ2v) is 10.8. The number of aliphatic carboxylic acids is 1. The molecule has 5 rings (SSSR count). The number of carbonyl (C=O) groups is 2. The van der Waals surface area contributed by atoms with Crippen LogP contribution in [0.4, 0.5) is 0 Å². The number of aromatic nitrogens is 1. The van der Waals surface area contributed by atoms with Gasteiger partial charge < -0.3 is 5.11 Å². The molecule has 0 spiro atoms. The van der Waals surface area contributed by atoms with Crippen molar-refractivity contribution in [1.82, 2.24) is 4.98 Å². The van der Waals surface area contributed by atoms with Gasteiger partial charge in [-0.3, -0.25) is 14.6 Å². The lowest BCUT2D eigenvalue weighted by Crippen LogP contribution is -2.14. The molecule has 1 aliphatic carbocycles. The van der Waals surface area contributed by atoms with Crippen molar-refractivity contribution in [1.29, 1.82) is 0 Å². The number of carbonyl (C=O) groups excluding carboxylic acids is 1. The Kier molecular flexibility index (Phi) is 7.76. The lowest BCUT2D eigenvalue weighted by Gasteiger charge is -2.22. The number of Topliss-reactive ketones (excluding diaryl/α,β-unsaturated/α-hetero) is 1. The van der Waals surface area contributed by atoms with Gasteiger partial charge >= 0.3 is 5.97 Å². The molecule has 1 aromatic heterocycles. The van der Waals surface area contributed by atoms with Gasteiger partial charge in [-0.05, 0) is 101 Å². The summed E-state index contributed by atoms with van der Waals surface area (Å²) in [5.74, 6) is -0.530. The highest BCUT2D eigenvalue weighted by Crippen LogP contribution is 2.38. The van der Waals surface area contributed by atoms with Crippen molar-refractivity contribution in [3.63, 3.8) is 0 Å². The maximum Gasteiger partial charge on any atom is 0.307 e. The van der Waals surface area contributed by atoms with Crippen LogP contribution >= 0.6 is 11.6 Å². The predicted molar refractivity (Wildman–Crippen MR) is 158 cm³/mol. The molecule has 1 N–H and O–H groups in total. The first-order valence-electron chi connectivity index (χ1n) is 13.2. The van der Waals surface area contributed by atoms with Gasteiger partial charge in [0, 0.05) is 35.0 Å². The van der Waals surface area contributed by atoms with Crippen molar-refractivity contribution >= 4 is 35.0 Å². The van der Waals surface area contributed by atoms with Crippen LogP contribution in [0.25, 0.3) is 33.9 Å². The number of hydrogen-bond acceptors (Lipinski definition) is 3. The van der Waals surface area contributed by atoms with Crippen molar-refractivity contribution in [2.45, 2.75) is 39.5 Å². The molecule has 1 atom stereocenters. The van der Waals surface area contributed by atoms with E-state index in [1.807, 2.05) is 55.5 Å². The molecule has 0 aliphatic heterocycles. The summed E-state index contributed by atoms with van der Waals surface area (Å²) in [5, 5.41) is 9.99. The van der Waals surface area contributed by atoms with Crippen molar-refractivity contribution in [3.8, 4) is 22.3 Å². The van der Waals surface area contributed by atoms with Crippen LogP contribution in [-0.2, 0) is 22.4 Å². The highest BCUT2D eigenvalue weighted by atomic mass is 35.5. The minimum Gasteiger partial charge on any atom is -0.481 e. The molecule has 4 nitrogen and oxygen atoms in total. The number of fused-ring (bicyclic) bond motifs is 1. The summed E-state index contributed by atoms with van der Waals surface area (Å²) in [7, 11) is 0. The molecular weight excluding hydrogens is 506 g/mol. The van der Waals surface area contributed by atoms with E-state index in [1.54, 1.807) is 12.4 Å². The molecule has 5 heteroatoms. The minimum atomic E-state index is -0.877. The van der Waals surface area contributed by atoms with E-state index >= 15 is 0 Å². The zero-order valence-electron chi connectivity index (χ0n) is 22.1. The van der Waals surface area contributed by atoms with E-state index in [0.29, 0.717) is 17.0 Å². The van der Waals surface area contributed by atoms with E-state index in [1.165, 1.54) is 0 Å². The van der Waals surface area contributed by atoms with Gasteiger partial charge in [-0.1, -0.05) is 61.0 Å². The van der Waals surface area contributed by atoms with E-state index in [-0.39, 0.29) is 18.1 Å². The van der Waals surface area contributed by atoms with E-state index in [2.05, 4.69) is 36.2 Å². The Balaban J connectivity index is 1.61. The number of rotatable bonds is 5. The Morgan fingerprint density at radius 1 is 0.974 bits per heavy atom. The number of hydrogen-bond donors (Lipinski definition) is 1. The lowest BCUT2D eigenvalue weighted by molar-refractivity contribution is -0.136. The third kappa shape index (κ3) is 6.02. The van der Waals surface area contributed by atoms with Gasteiger partial charge in [0.05, 0.1) is 6.42 Å². The van der Waals surface area contributed by atoms with Gasteiger partial charge in [-0.25, -0.2) is 0 Å². The number of carboxylic acid groups (broad SMARTS) is 1. The summed E-state index contributed by atoms with van der Waals surface area (Å²) in [5.41, 5.74) is 9.10. The molecule has 0 bridgehead atoms. The molecular formula is C34H30ClNO3. The number of ketones is 1. The molecule has 4 aromatic rings. The SMILES string of the molecule is Cc1ccc(/C=C2\C(=O)CC(C)CCc3cc(Cl)c(-c4ccc(-c5ccncc5)cc4)cc32)cc1CC(=O)O. The third-order valence-electron chi connectivity index (χ3n) is 7.46. The van der Waals surface area contributed by atoms with Gasteiger partial charge in [0.15, 0.2) is 5.78 Å². The molecule has 3 aromatic carbocycles. The summed E-state index contributed by atoms with van der Waals surface area (Å²) < 4.78 is 0. The average molecular weight is 536 g/mol. The quantitative estimate of drug-likeness (QED) is 0.262. The van der Waals surface area contributed by atoms with Crippen LogP contribution in [0.15, 0.2) is 79.1 Å². The van der Waals surface area contributed by atoms with Gasteiger partial charge in [0.2, 0.25) is 0 Å². The number of carboxylic acids is 1. The lowest BCUT2D eigenvalue weighted by atomic mass is 9.82. The number of nitrogens with zero attached hydrogens (tertiary/aromatic N) is 1. The molecule has 39 heavy (non-hydrogen) atoms. The highest BCUT2D eigenvalue weighted by molar-refractivity contribution is 6.34. The number of pyridine rings is 1. The zero-order valence-corrected chi connectivity index (χ0v) is 22.8. The van der Waals surface area contributed by atoms with Crippen LogP contribution in [0.1, 0.15) is 47.6 Å². The second-order valence-electron chi connectivity index (χ2n) is 10.4. The Bertz CT molecular complexity index is 1570. The zero-order chi connectivity index (χ0) is 27.5. The van der Waals surface area contributed by atoms with Gasteiger partial charge in [0.1, 0.15) is 0 Å². The maximum atomic E-state index is 13.6. The van der Waals surface area contributed by atoms with Crippen LogP contribution in [0.3, 0.4) is 0 Å². The maximum absolute atomic E-state index is 13.6. The molecule has 0 radical (unpaired) electrons. The van der Waals surface area contributed by atoms with Gasteiger partial charge in [0.25, 0.3) is 0 Å². The smallest absolute Gasteiger partial charge is 0.307 e. The van der Waals surface area contributed by atoms with Crippen molar-refractivity contribution < 1.29 is 14.7 Å². The van der Waals surface area contributed by atoms with Crippen molar-refractivity contribution in [2.75, 3.05) is 0 Å². The molecule has 196 valence electrons. The predicted octanol–water partition coefficient (Wildman–Crippen LogP) is 8.09. The third-order valence-corrected chi connectivity index (χ3v) is 7.77. The Hall–Kier alpha value is -4.02. The largest absolute Gasteiger partial charge is 0.481 e. The number of allylic oxidation sites excluding steroid dienone is 1. The Morgan fingerprint density at radius 3 is 2.38 bits per heavy atom. The fourth-order valence-electron chi connectivity index (χ4n) is 5.22. The summed E-state index contributed by atoms with van der Waals surface area (Å²) in [6.07, 6.45) is 7.63. The van der Waals surface area contributed by atoms with Crippen LogP contribution in [0, 0.1) is 12.8 Å². The van der Waals surface area contributed by atoms with Gasteiger partial charge in [-0.2, -0.15) is 0 Å². The molecule has 0 saturated carbocycles. The summed E-state index contributed by atoms with van der Waals surface area (Å²) >= 11 is 6.85. The molecule has 0 fully saturated rings. The fourth-order valence-corrected chi connectivity index (χ4v) is 5.52. The standard InChI is InChI=1S/C34H30ClNO3/c1-21-3-6-27-18-32(35)30(26-9-7-24(8-10-26)25-11-13-36-14-12-25)20-29(27)31(33(37)15-21)17-23-5-4-22(2)28(16-23)19-34(38)39/h4-5,7-14,16-18,20-21H,3,6,15,19H2,1-2H3,(H,38,39)/b31-17-. The monoisotopic (exact) mass is 535 g/mol. The van der Waals surface area contributed by atoms with E-state index in [0.717, 1.165) is 62.9 Å². The molecule has 1 unspecified atom stereocenters. The Morgan fingerprint density at radius 2 is 1.67 bits per heavy atom. The topological polar surface area (TPSA) is 67.3 Å². The highest BCUT2D eigenvalue weighted by Gasteiger charge is 2.24. The van der Waals surface area contributed by atoms with Crippen LogP contribution in [0.2, 0.25) is 5.02 Å². The fraction of sp³-hybridized carbons (Fsp3) is 0.206. The summed E-state index contributed by atoms with van der Waals surface area (Å²) in [6.45, 7) is 4.01.